The highest BCUT2D eigenvalue weighted by atomic mass is 35.5. The highest BCUT2D eigenvalue weighted by molar-refractivity contribution is 6.33. The van der Waals surface area contributed by atoms with E-state index in [0.29, 0.717) is 0 Å². The number of ether oxygens (including phenoxy) is 2. The van der Waals surface area contributed by atoms with E-state index in [4.69, 9.17) is 32.7 Å². The molecule has 0 atom stereocenters. The minimum absolute atomic E-state index is 0.0471. The summed E-state index contributed by atoms with van der Waals surface area (Å²) in [7, 11) is 1.58. The first kappa shape index (κ1) is 14.6. The van der Waals surface area contributed by atoms with E-state index >= 15 is 0 Å². The van der Waals surface area contributed by atoms with Crippen molar-refractivity contribution < 1.29 is 14.3 Å². The van der Waals surface area contributed by atoms with Crippen molar-refractivity contribution in [1.29, 1.82) is 0 Å². The molecule has 7 heteroatoms. The number of hydrogen-bond acceptors (Lipinski definition) is 5. The van der Waals surface area contributed by atoms with E-state index in [-0.39, 0.29) is 22.5 Å². The highest BCUT2D eigenvalue weighted by Gasteiger charge is 2.14. The van der Waals surface area contributed by atoms with E-state index in [9.17, 15) is 4.79 Å². The topological polar surface area (TPSA) is 61.3 Å². The van der Waals surface area contributed by atoms with Gasteiger partial charge < -0.3 is 9.47 Å². The molecule has 0 aliphatic heterocycles. The van der Waals surface area contributed by atoms with Crippen LogP contribution >= 0.6 is 23.2 Å². The van der Waals surface area contributed by atoms with Crippen molar-refractivity contribution >= 4 is 29.2 Å². The molecular formula is C13H10Cl2N2O3. The van der Waals surface area contributed by atoms with Gasteiger partial charge in [0.1, 0.15) is 17.9 Å². The zero-order valence-electron chi connectivity index (χ0n) is 10.5. The average molecular weight is 313 g/mol. The molecule has 0 saturated heterocycles. The zero-order valence-corrected chi connectivity index (χ0v) is 12.0. The van der Waals surface area contributed by atoms with Gasteiger partial charge in [-0.2, -0.15) is 0 Å². The van der Waals surface area contributed by atoms with Crippen molar-refractivity contribution in [3.63, 3.8) is 0 Å². The largest absolute Gasteiger partial charge is 0.497 e. The molecule has 20 heavy (non-hydrogen) atoms. The lowest BCUT2D eigenvalue weighted by Gasteiger charge is -2.06. The van der Waals surface area contributed by atoms with Crippen molar-refractivity contribution in [3.05, 3.63) is 51.8 Å². The van der Waals surface area contributed by atoms with E-state index in [0.717, 1.165) is 11.3 Å². The van der Waals surface area contributed by atoms with Crippen LogP contribution in [0.4, 0.5) is 0 Å². The standard InChI is InChI=1S/C13H10Cl2N2O3/c1-19-9-4-2-8(3-5-9)7-20-13(18)10-6-11(14)16-17-12(10)15/h2-6H,7H2,1H3. The molecule has 0 bridgehead atoms. The molecule has 0 aliphatic rings. The molecule has 0 amide bonds. The fourth-order valence-corrected chi connectivity index (χ4v) is 1.76. The number of methoxy groups -OCH3 is 1. The summed E-state index contributed by atoms with van der Waals surface area (Å²) in [5.74, 6) is 0.121. The van der Waals surface area contributed by atoms with E-state index < -0.39 is 5.97 Å². The molecule has 0 aliphatic carbocycles. The van der Waals surface area contributed by atoms with Crippen molar-refractivity contribution in [1.82, 2.24) is 10.2 Å². The smallest absolute Gasteiger partial charge is 0.341 e. The van der Waals surface area contributed by atoms with Gasteiger partial charge in [0.2, 0.25) is 0 Å². The molecule has 0 unspecified atom stereocenters. The minimum Gasteiger partial charge on any atom is -0.497 e. The lowest BCUT2D eigenvalue weighted by molar-refractivity contribution is 0.0472. The first-order valence-electron chi connectivity index (χ1n) is 5.59. The number of benzene rings is 1. The Hall–Kier alpha value is -1.85. The summed E-state index contributed by atoms with van der Waals surface area (Å²) in [5.41, 5.74) is 0.906. The number of carbonyl (C=O) groups excluding carboxylic acids is 1. The Morgan fingerprint density at radius 2 is 1.90 bits per heavy atom. The maximum atomic E-state index is 11.9. The van der Waals surface area contributed by atoms with Crippen LogP contribution in [0.3, 0.4) is 0 Å². The van der Waals surface area contributed by atoms with Crippen molar-refractivity contribution in [2.75, 3.05) is 7.11 Å². The molecular weight excluding hydrogens is 303 g/mol. The van der Waals surface area contributed by atoms with Crippen LogP contribution < -0.4 is 4.74 Å². The Balaban J connectivity index is 2.02. The number of hydrogen-bond donors (Lipinski definition) is 0. The summed E-state index contributed by atoms with van der Waals surface area (Å²) in [5, 5.41) is 7.09. The molecule has 1 aromatic heterocycles. The Bertz CT molecular complexity index is 618. The van der Waals surface area contributed by atoms with Gasteiger partial charge in [0.25, 0.3) is 0 Å². The fourth-order valence-electron chi connectivity index (χ4n) is 1.44. The Labute approximate surface area is 125 Å². The van der Waals surface area contributed by atoms with E-state index in [1.54, 1.807) is 31.4 Å². The first-order valence-corrected chi connectivity index (χ1v) is 6.34. The third-order valence-electron chi connectivity index (χ3n) is 2.47. The molecule has 1 heterocycles. The lowest BCUT2D eigenvalue weighted by Crippen LogP contribution is -2.07. The third-order valence-corrected chi connectivity index (χ3v) is 2.93. The molecule has 0 fully saturated rings. The Morgan fingerprint density at radius 1 is 1.20 bits per heavy atom. The summed E-state index contributed by atoms with van der Waals surface area (Å²) in [6.07, 6.45) is 0. The zero-order chi connectivity index (χ0) is 14.5. The summed E-state index contributed by atoms with van der Waals surface area (Å²) in [4.78, 5) is 11.9. The molecule has 0 radical (unpaired) electrons. The number of rotatable bonds is 4. The number of carbonyl (C=O) groups is 1. The second-order valence-corrected chi connectivity index (χ2v) is 4.54. The van der Waals surface area contributed by atoms with Crippen LogP contribution in [0.15, 0.2) is 30.3 Å². The van der Waals surface area contributed by atoms with E-state index in [2.05, 4.69) is 10.2 Å². The Morgan fingerprint density at radius 3 is 2.55 bits per heavy atom. The molecule has 0 spiro atoms. The van der Waals surface area contributed by atoms with Gasteiger partial charge in [-0.25, -0.2) is 4.79 Å². The molecule has 0 N–H and O–H groups in total. The summed E-state index contributed by atoms with van der Waals surface area (Å²) in [6, 6.07) is 8.46. The van der Waals surface area contributed by atoms with Crippen LogP contribution in [0.1, 0.15) is 15.9 Å². The van der Waals surface area contributed by atoms with Gasteiger partial charge in [-0.15, -0.1) is 10.2 Å². The summed E-state index contributed by atoms with van der Waals surface area (Å²) in [6.45, 7) is 0.110. The van der Waals surface area contributed by atoms with Crippen LogP contribution in [0.5, 0.6) is 5.75 Å². The summed E-state index contributed by atoms with van der Waals surface area (Å²) >= 11 is 11.4. The molecule has 2 rings (SSSR count). The van der Waals surface area contributed by atoms with E-state index in [1.165, 1.54) is 6.07 Å². The van der Waals surface area contributed by atoms with Crippen LogP contribution in [0.2, 0.25) is 10.3 Å². The van der Waals surface area contributed by atoms with Crippen molar-refractivity contribution in [2.45, 2.75) is 6.61 Å². The van der Waals surface area contributed by atoms with Crippen LogP contribution in [-0.2, 0) is 11.3 Å². The maximum Gasteiger partial charge on any atom is 0.341 e. The number of halogens is 2. The predicted octanol–water partition coefficient (Wildman–Crippen LogP) is 3.15. The molecule has 104 valence electrons. The normalized spacial score (nSPS) is 10.2. The van der Waals surface area contributed by atoms with Gasteiger partial charge in [-0.1, -0.05) is 35.3 Å². The van der Waals surface area contributed by atoms with Gasteiger partial charge in [0.05, 0.1) is 7.11 Å². The van der Waals surface area contributed by atoms with Gasteiger partial charge in [-0.3, -0.25) is 0 Å². The van der Waals surface area contributed by atoms with Crippen LogP contribution in [0.25, 0.3) is 0 Å². The second kappa shape index (κ2) is 6.54. The van der Waals surface area contributed by atoms with Gasteiger partial charge in [0, 0.05) is 0 Å². The average Bonchev–Trinajstić information content (AvgIpc) is 2.47. The van der Waals surface area contributed by atoms with Gasteiger partial charge in [0.15, 0.2) is 10.3 Å². The van der Waals surface area contributed by atoms with Crippen molar-refractivity contribution in [2.24, 2.45) is 0 Å². The monoisotopic (exact) mass is 312 g/mol. The number of esters is 1. The van der Waals surface area contributed by atoms with E-state index in [1.807, 2.05) is 0 Å². The first-order chi connectivity index (χ1) is 9.60. The second-order valence-electron chi connectivity index (χ2n) is 3.80. The third kappa shape index (κ3) is 3.59. The summed E-state index contributed by atoms with van der Waals surface area (Å²) < 4.78 is 10.2. The fraction of sp³-hybridized carbons (Fsp3) is 0.154. The number of nitrogens with zero attached hydrogens (tertiary/aromatic N) is 2. The van der Waals surface area contributed by atoms with Crippen molar-refractivity contribution in [3.8, 4) is 5.75 Å². The SMILES string of the molecule is COc1ccc(COC(=O)c2cc(Cl)nnc2Cl)cc1. The van der Waals surface area contributed by atoms with Crippen LogP contribution in [0, 0.1) is 0 Å². The molecule has 2 aromatic rings. The lowest BCUT2D eigenvalue weighted by atomic mass is 10.2. The quantitative estimate of drug-likeness (QED) is 0.812. The number of aromatic nitrogens is 2. The molecule has 1 aromatic carbocycles. The Kier molecular flexibility index (Phi) is 4.76. The van der Waals surface area contributed by atoms with Gasteiger partial charge in [-0.05, 0) is 23.8 Å². The van der Waals surface area contributed by atoms with Gasteiger partial charge >= 0.3 is 5.97 Å². The highest BCUT2D eigenvalue weighted by Crippen LogP contribution is 2.18. The predicted molar refractivity (Wildman–Crippen MR) is 74.2 cm³/mol. The molecule has 5 nitrogen and oxygen atoms in total. The minimum atomic E-state index is -0.609. The maximum absolute atomic E-state index is 11.9. The van der Waals surface area contributed by atoms with Crippen LogP contribution in [-0.4, -0.2) is 23.3 Å². The molecule has 0 saturated carbocycles.